The molecule has 0 aliphatic carbocycles. The molecule has 1 heterocycles. The van der Waals surface area contributed by atoms with Crippen molar-refractivity contribution in [1.82, 2.24) is 20.4 Å². The number of aromatic nitrogens is 2. The summed E-state index contributed by atoms with van der Waals surface area (Å²) in [4.78, 5) is 23.1. The first-order valence-electron chi connectivity index (χ1n) is 6.36. The normalized spacial score (nSPS) is 11.7. The number of aliphatic carboxylic acids is 1. The summed E-state index contributed by atoms with van der Waals surface area (Å²) in [7, 11) is 1.78. The molecule has 1 atom stereocenters. The standard InChI is InChI=1S/C14H16N4O3/c1-18-9-10(8-16-18)7-15-14(21)17-12(13(19)20)11-5-3-2-4-6-11/h2-6,8-9,12H,7H2,1H3,(H,19,20)(H2,15,17,21). The van der Waals surface area contributed by atoms with Crippen molar-refractivity contribution in [2.75, 3.05) is 0 Å². The first-order chi connectivity index (χ1) is 10.1. The summed E-state index contributed by atoms with van der Waals surface area (Å²) in [5.74, 6) is -1.11. The number of nitrogens with one attached hydrogen (secondary N) is 2. The van der Waals surface area contributed by atoms with Gasteiger partial charge in [0.1, 0.15) is 0 Å². The molecule has 0 saturated heterocycles. The summed E-state index contributed by atoms with van der Waals surface area (Å²) in [5, 5.41) is 18.2. The van der Waals surface area contributed by atoms with Gasteiger partial charge in [0.2, 0.25) is 0 Å². The summed E-state index contributed by atoms with van der Waals surface area (Å²) in [6, 6.07) is 6.90. The van der Waals surface area contributed by atoms with Gasteiger partial charge in [-0.1, -0.05) is 30.3 Å². The second-order valence-corrected chi connectivity index (χ2v) is 4.53. The van der Waals surface area contributed by atoms with Crippen LogP contribution in [0.3, 0.4) is 0 Å². The van der Waals surface area contributed by atoms with Crippen molar-refractivity contribution in [3.05, 3.63) is 53.9 Å². The monoisotopic (exact) mass is 288 g/mol. The first kappa shape index (κ1) is 14.6. The largest absolute Gasteiger partial charge is 0.479 e. The van der Waals surface area contributed by atoms with E-state index in [1.165, 1.54) is 0 Å². The smallest absolute Gasteiger partial charge is 0.330 e. The molecule has 2 amide bonds. The Hall–Kier alpha value is -2.83. The highest BCUT2D eigenvalue weighted by Crippen LogP contribution is 2.12. The Kier molecular flexibility index (Phi) is 4.55. The van der Waals surface area contributed by atoms with Gasteiger partial charge in [-0.25, -0.2) is 9.59 Å². The molecular formula is C14H16N4O3. The minimum absolute atomic E-state index is 0.279. The summed E-state index contributed by atoms with van der Waals surface area (Å²) >= 11 is 0. The van der Waals surface area contributed by atoms with Gasteiger partial charge in [-0.15, -0.1) is 0 Å². The lowest BCUT2D eigenvalue weighted by atomic mass is 10.1. The van der Waals surface area contributed by atoms with Gasteiger partial charge >= 0.3 is 12.0 Å². The predicted molar refractivity (Wildman–Crippen MR) is 75.4 cm³/mol. The molecule has 1 unspecified atom stereocenters. The van der Waals surface area contributed by atoms with Gasteiger partial charge in [-0.3, -0.25) is 4.68 Å². The van der Waals surface area contributed by atoms with Gasteiger partial charge in [-0.05, 0) is 5.56 Å². The Bertz CT molecular complexity index is 624. The van der Waals surface area contributed by atoms with Gasteiger partial charge in [0.15, 0.2) is 6.04 Å². The fraction of sp³-hybridized carbons (Fsp3) is 0.214. The molecular weight excluding hydrogens is 272 g/mol. The van der Waals surface area contributed by atoms with Crippen LogP contribution in [0.5, 0.6) is 0 Å². The van der Waals surface area contributed by atoms with Crippen LogP contribution in [0.25, 0.3) is 0 Å². The van der Waals surface area contributed by atoms with Crippen LogP contribution in [-0.4, -0.2) is 26.9 Å². The fourth-order valence-corrected chi connectivity index (χ4v) is 1.86. The van der Waals surface area contributed by atoms with Gasteiger partial charge in [-0.2, -0.15) is 5.10 Å². The third kappa shape index (κ3) is 4.07. The van der Waals surface area contributed by atoms with E-state index < -0.39 is 18.0 Å². The fourth-order valence-electron chi connectivity index (χ4n) is 1.86. The van der Waals surface area contributed by atoms with E-state index in [2.05, 4.69) is 15.7 Å². The topological polar surface area (TPSA) is 96.2 Å². The molecule has 110 valence electrons. The van der Waals surface area contributed by atoms with Crippen LogP contribution in [0.4, 0.5) is 4.79 Å². The van der Waals surface area contributed by atoms with Crippen molar-refractivity contribution in [2.24, 2.45) is 7.05 Å². The molecule has 0 fully saturated rings. The molecule has 7 nitrogen and oxygen atoms in total. The number of nitrogens with zero attached hydrogens (tertiary/aromatic N) is 2. The third-order valence-corrected chi connectivity index (χ3v) is 2.87. The number of hydrogen-bond donors (Lipinski definition) is 3. The lowest BCUT2D eigenvalue weighted by Crippen LogP contribution is -2.40. The van der Waals surface area contributed by atoms with E-state index >= 15 is 0 Å². The molecule has 2 aromatic rings. The highest BCUT2D eigenvalue weighted by molar-refractivity contribution is 5.83. The van der Waals surface area contributed by atoms with Crippen LogP contribution in [0, 0.1) is 0 Å². The van der Waals surface area contributed by atoms with Crippen LogP contribution in [-0.2, 0) is 18.4 Å². The number of carbonyl (C=O) groups is 2. The van der Waals surface area contributed by atoms with Crippen LogP contribution < -0.4 is 10.6 Å². The maximum Gasteiger partial charge on any atom is 0.330 e. The predicted octanol–water partition coefficient (Wildman–Crippen LogP) is 1.05. The van der Waals surface area contributed by atoms with Crippen molar-refractivity contribution < 1.29 is 14.7 Å². The van der Waals surface area contributed by atoms with Crippen LogP contribution in [0.2, 0.25) is 0 Å². The lowest BCUT2D eigenvalue weighted by molar-refractivity contribution is -0.139. The molecule has 0 radical (unpaired) electrons. The Labute approximate surface area is 121 Å². The zero-order valence-electron chi connectivity index (χ0n) is 11.5. The number of hydrogen-bond acceptors (Lipinski definition) is 3. The summed E-state index contributed by atoms with van der Waals surface area (Å²) in [5.41, 5.74) is 1.35. The van der Waals surface area contributed by atoms with Crippen molar-refractivity contribution in [3.63, 3.8) is 0 Å². The zero-order valence-corrected chi connectivity index (χ0v) is 11.5. The van der Waals surface area contributed by atoms with Crippen LogP contribution in [0.1, 0.15) is 17.2 Å². The number of carboxylic acids is 1. The van der Waals surface area contributed by atoms with Crippen LogP contribution >= 0.6 is 0 Å². The van der Waals surface area contributed by atoms with E-state index in [9.17, 15) is 14.7 Å². The minimum Gasteiger partial charge on any atom is -0.479 e. The number of aryl methyl sites for hydroxylation is 1. The first-order valence-corrected chi connectivity index (χ1v) is 6.36. The average molecular weight is 288 g/mol. The van der Waals surface area contributed by atoms with Gasteiger partial charge < -0.3 is 15.7 Å². The Balaban J connectivity index is 1.94. The molecule has 0 spiro atoms. The number of carboxylic acid groups (broad SMARTS) is 1. The Morgan fingerprint density at radius 1 is 1.33 bits per heavy atom. The highest BCUT2D eigenvalue weighted by atomic mass is 16.4. The maximum absolute atomic E-state index is 11.8. The SMILES string of the molecule is Cn1cc(CNC(=O)NC(C(=O)O)c2ccccc2)cn1. The van der Waals surface area contributed by atoms with Gasteiger partial charge in [0.25, 0.3) is 0 Å². The number of amides is 2. The summed E-state index contributed by atoms with van der Waals surface area (Å²) in [6.45, 7) is 0.279. The number of urea groups is 1. The average Bonchev–Trinajstić information content (AvgIpc) is 2.89. The van der Waals surface area contributed by atoms with Gasteiger partial charge in [0, 0.05) is 25.4 Å². The third-order valence-electron chi connectivity index (χ3n) is 2.87. The van der Waals surface area contributed by atoms with E-state index in [0.29, 0.717) is 5.56 Å². The van der Waals surface area contributed by atoms with Crippen molar-refractivity contribution in [3.8, 4) is 0 Å². The Morgan fingerprint density at radius 3 is 2.62 bits per heavy atom. The summed E-state index contributed by atoms with van der Waals surface area (Å²) < 4.78 is 1.62. The van der Waals surface area contributed by atoms with E-state index in [1.54, 1.807) is 54.5 Å². The molecule has 2 rings (SSSR count). The summed E-state index contributed by atoms with van der Waals surface area (Å²) in [6.07, 6.45) is 3.40. The molecule has 1 aromatic heterocycles. The highest BCUT2D eigenvalue weighted by Gasteiger charge is 2.21. The molecule has 0 bridgehead atoms. The van der Waals surface area contributed by atoms with E-state index in [1.807, 2.05) is 0 Å². The zero-order chi connectivity index (χ0) is 15.2. The molecule has 7 heteroatoms. The number of carbonyl (C=O) groups excluding carboxylic acids is 1. The molecule has 3 N–H and O–H groups in total. The molecule has 0 saturated carbocycles. The van der Waals surface area contributed by atoms with Crippen molar-refractivity contribution in [2.45, 2.75) is 12.6 Å². The maximum atomic E-state index is 11.8. The number of benzene rings is 1. The lowest BCUT2D eigenvalue weighted by Gasteiger charge is -2.15. The quantitative estimate of drug-likeness (QED) is 0.766. The molecule has 1 aromatic carbocycles. The molecule has 21 heavy (non-hydrogen) atoms. The van der Waals surface area contributed by atoms with E-state index in [4.69, 9.17) is 0 Å². The second kappa shape index (κ2) is 6.56. The van der Waals surface area contributed by atoms with E-state index in [0.717, 1.165) is 5.56 Å². The van der Waals surface area contributed by atoms with E-state index in [-0.39, 0.29) is 6.54 Å². The number of rotatable bonds is 5. The van der Waals surface area contributed by atoms with Crippen molar-refractivity contribution in [1.29, 1.82) is 0 Å². The van der Waals surface area contributed by atoms with Crippen molar-refractivity contribution >= 4 is 12.0 Å². The Morgan fingerprint density at radius 2 is 2.05 bits per heavy atom. The second-order valence-electron chi connectivity index (χ2n) is 4.53. The minimum atomic E-state index is -1.11. The molecule has 0 aliphatic heterocycles. The molecule has 0 aliphatic rings. The van der Waals surface area contributed by atoms with Gasteiger partial charge in [0.05, 0.1) is 6.20 Å². The van der Waals surface area contributed by atoms with Crippen LogP contribution in [0.15, 0.2) is 42.7 Å².